The fourth-order valence-corrected chi connectivity index (χ4v) is 2.74. The Bertz CT molecular complexity index is 454. The molecule has 1 unspecified atom stereocenters. The van der Waals surface area contributed by atoms with Gasteiger partial charge in [-0.1, -0.05) is 0 Å². The molecule has 1 N–H and O–H groups in total. The summed E-state index contributed by atoms with van der Waals surface area (Å²) < 4.78 is 5.08. The SMILES string of the molecule is COCCCc1ncc2c(n1)CCC(CNC(C)(C)C)C2. The van der Waals surface area contributed by atoms with E-state index in [4.69, 9.17) is 9.72 Å². The Morgan fingerprint density at radius 2 is 2.19 bits per heavy atom. The van der Waals surface area contributed by atoms with Crippen molar-refractivity contribution in [3.63, 3.8) is 0 Å². The number of fused-ring (bicyclic) bond motifs is 1. The monoisotopic (exact) mass is 291 g/mol. The molecule has 0 amide bonds. The van der Waals surface area contributed by atoms with E-state index >= 15 is 0 Å². The minimum Gasteiger partial charge on any atom is -0.385 e. The number of ether oxygens (including phenoxy) is 1. The maximum absolute atomic E-state index is 5.08. The predicted molar refractivity (Wildman–Crippen MR) is 85.5 cm³/mol. The van der Waals surface area contributed by atoms with Crippen LogP contribution in [0.25, 0.3) is 0 Å². The lowest BCUT2D eigenvalue weighted by atomic mass is 9.86. The number of aryl methyl sites for hydroxylation is 2. The van der Waals surface area contributed by atoms with Crippen molar-refractivity contribution in [2.75, 3.05) is 20.3 Å². The van der Waals surface area contributed by atoms with Crippen LogP contribution in [0.3, 0.4) is 0 Å². The quantitative estimate of drug-likeness (QED) is 0.818. The van der Waals surface area contributed by atoms with E-state index in [-0.39, 0.29) is 5.54 Å². The van der Waals surface area contributed by atoms with Crippen LogP contribution in [0.1, 0.15) is 50.7 Å². The summed E-state index contributed by atoms with van der Waals surface area (Å²) in [6, 6.07) is 0. The van der Waals surface area contributed by atoms with Crippen molar-refractivity contribution in [3.8, 4) is 0 Å². The number of nitrogens with zero attached hydrogens (tertiary/aromatic N) is 2. The van der Waals surface area contributed by atoms with Crippen LogP contribution in [-0.4, -0.2) is 35.8 Å². The molecule has 0 saturated heterocycles. The molecule has 2 rings (SSSR count). The zero-order valence-electron chi connectivity index (χ0n) is 13.9. The van der Waals surface area contributed by atoms with E-state index in [1.807, 2.05) is 6.20 Å². The van der Waals surface area contributed by atoms with Crippen LogP contribution >= 0.6 is 0 Å². The second-order valence-electron chi connectivity index (χ2n) is 7.09. The summed E-state index contributed by atoms with van der Waals surface area (Å²) >= 11 is 0. The van der Waals surface area contributed by atoms with Gasteiger partial charge in [-0.15, -0.1) is 0 Å². The van der Waals surface area contributed by atoms with Gasteiger partial charge in [0.15, 0.2) is 0 Å². The van der Waals surface area contributed by atoms with Crippen molar-refractivity contribution in [1.29, 1.82) is 0 Å². The van der Waals surface area contributed by atoms with E-state index in [9.17, 15) is 0 Å². The van der Waals surface area contributed by atoms with Gasteiger partial charge < -0.3 is 10.1 Å². The first-order chi connectivity index (χ1) is 9.98. The van der Waals surface area contributed by atoms with Gasteiger partial charge in [0.05, 0.1) is 0 Å². The molecule has 4 heteroatoms. The lowest BCUT2D eigenvalue weighted by Gasteiger charge is -2.28. The Labute approximate surface area is 128 Å². The highest BCUT2D eigenvalue weighted by atomic mass is 16.5. The normalized spacial score (nSPS) is 18.6. The number of hydrogen-bond acceptors (Lipinski definition) is 4. The van der Waals surface area contributed by atoms with Crippen LogP contribution in [0.2, 0.25) is 0 Å². The van der Waals surface area contributed by atoms with E-state index in [2.05, 4.69) is 31.1 Å². The molecule has 1 heterocycles. The van der Waals surface area contributed by atoms with Crippen molar-refractivity contribution >= 4 is 0 Å². The molecule has 0 bridgehead atoms. The zero-order valence-corrected chi connectivity index (χ0v) is 13.9. The van der Waals surface area contributed by atoms with Crippen LogP contribution in [0.5, 0.6) is 0 Å². The van der Waals surface area contributed by atoms with Crippen LogP contribution in [-0.2, 0) is 24.0 Å². The highest BCUT2D eigenvalue weighted by Gasteiger charge is 2.21. The van der Waals surface area contributed by atoms with E-state index in [0.717, 1.165) is 44.7 Å². The topological polar surface area (TPSA) is 47.0 Å². The fraction of sp³-hybridized carbons (Fsp3) is 0.765. The van der Waals surface area contributed by atoms with Crippen LogP contribution in [0.15, 0.2) is 6.20 Å². The number of aromatic nitrogens is 2. The Morgan fingerprint density at radius 3 is 2.90 bits per heavy atom. The van der Waals surface area contributed by atoms with Gasteiger partial charge in [0.25, 0.3) is 0 Å². The van der Waals surface area contributed by atoms with Crippen LogP contribution in [0.4, 0.5) is 0 Å². The molecular formula is C17H29N3O. The number of methoxy groups -OCH3 is 1. The van der Waals surface area contributed by atoms with Gasteiger partial charge in [-0.05, 0) is 64.5 Å². The first-order valence-corrected chi connectivity index (χ1v) is 8.05. The highest BCUT2D eigenvalue weighted by Crippen LogP contribution is 2.24. The van der Waals surface area contributed by atoms with Gasteiger partial charge in [-0.2, -0.15) is 0 Å². The summed E-state index contributed by atoms with van der Waals surface area (Å²) in [6.45, 7) is 8.52. The molecule has 118 valence electrons. The molecule has 0 radical (unpaired) electrons. The maximum Gasteiger partial charge on any atom is 0.128 e. The molecule has 1 aliphatic carbocycles. The average molecular weight is 291 g/mol. The van der Waals surface area contributed by atoms with Gasteiger partial charge in [0.2, 0.25) is 0 Å². The minimum atomic E-state index is 0.196. The molecule has 0 spiro atoms. The molecule has 1 aromatic rings. The second kappa shape index (κ2) is 7.32. The molecular weight excluding hydrogens is 262 g/mol. The van der Waals surface area contributed by atoms with E-state index in [1.165, 1.54) is 17.7 Å². The maximum atomic E-state index is 5.08. The summed E-state index contributed by atoms with van der Waals surface area (Å²) in [6.07, 6.45) is 7.38. The average Bonchev–Trinajstić information content (AvgIpc) is 2.44. The van der Waals surface area contributed by atoms with Gasteiger partial charge in [-0.3, -0.25) is 0 Å². The molecule has 4 nitrogen and oxygen atoms in total. The fourth-order valence-electron chi connectivity index (χ4n) is 2.74. The van der Waals surface area contributed by atoms with Gasteiger partial charge in [-0.25, -0.2) is 9.97 Å². The molecule has 1 atom stereocenters. The molecule has 1 aliphatic rings. The third-order valence-corrected chi connectivity index (χ3v) is 3.97. The largest absolute Gasteiger partial charge is 0.385 e. The van der Waals surface area contributed by atoms with Crippen molar-refractivity contribution in [2.45, 2.75) is 58.4 Å². The minimum absolute atomic E-state index is 0.196. The summed E-state index contributed by atoms with van der Waals surface area (Å²) in [4.78, 5) is 9.26. The third-order valence-electron chi connectivity index (χ3n) is 3.97. The van der Waals surface area contributed by atoms with Gasteiger partial charge in [0.1, 0.15) is 5.82 Å². The molecule has 0 fully saturated rings. The molecule has 0 aliphatic heterocycles. The summed E-state index contributed by atoms with van der Waals surface area (Å²) in [7, 11) is 1.74. The Morgan fingerprint density at radius 1 is 1.38 bits per heavy atom. The Kier molecular flexibility index (Phi) is 5.71. The van der Waals surface area contributed by atoms with Crippen molar-refractivity contribution in [2.24, 2.45) is 5.92 Å². The lowest BCUT2D eigenvalue weighted by molar-refractivity contribution is 0.194. The van der Waals surface area contributed by atoms with Crippen molar-refractivity contribution < 1.29 is 4.74 Å². The van der Waals surface area contributed by atoms with Crippen molar-refractivity contribution in [1.82, 2.24) is 15.3 Å². The van der Waals surface area contributed by atoms with E-state index in [0.29, 0.717) is 5.92 Å². The van der Waals surface area contributed by atoms with Gasteiger partial charge >= 0.3 is 0 Å². The van der Waals surface area contributed by atoms with E-state index in [1.54, 1.807) is 7.11 Å². The highest BCUT2D eigenvalue weighted by molar-refractivity contribution is 5.21. The number of rotatable bonds is 6. The smallest absolute Gasteiger partial charge is 0.128 e. The summed E-state index contributed by atoms with van der Waals surface area (Å²) in [5.74, 6) is 1.68. The van der Waals surface area contributed by atoms with Crippen molar-refractivity contribution in [3.05, 3.63) is 23.3 Å². The Balaban J connectivity index is 1.90. The first-order valence-electron chi connectivity index (χ1n) is 8.05. The summed E-state index contributed by atoms with van der Waals surface area (Å²) in [5.41, 5.74) is 2.81. The van der Waals surface area contributed by atoms with Crippen LogP contribution < -0.4 is 5.32 Å². The number of hydrogen-bond donors (Lipinski definition) is 1. The first kappa shape index (κ1) is 16.4. The Hall–Kier alpha value is -1.00. The second-order valence-corrected chi connectivity index (χ2v) is 7.09. The van der Waals surface area contributed by atoms with Gasteiger partial charge in [0, 0.05) is 37.6 Å². The molecule has 0 saturated carbocycles. The predicted octanol–water partition coefficient (Wildman–Crippen LogP) is 2.55. The van der Waals surface area contributed by atoms with E-state index < -0.39 is 0 Å². The molecule has 1 aromatic heterocycles. The third kappa shape index (κ3) is 5.36. The number of nitrogens with one attached hydrogen (secondary N) is 1. The zero-order chi connectivity index (χ0) is 15.3. The molecule has 21 heavy (non-hydrogen) atoms. The summed E-state index contributed by atoms with van der Waals surface area (Å²) in [5, 5.41) is 3.61. The van der Waals surface area contributed by atoms with Crippen LogP contribution in [0, 0.1) is 5.92 Å². The standard InChI is InChI=1S/C17H29N3O/c1-17(2,3)19-11-13-7-8-15-14(10-13)12-18-16(20-15)6-5-9-21-4/h12-13,19H,5-11H2,1-4H3. The lowest BCUT2D eigenvalue weighted by Crippen LogP contribution is -2.40. The molecule has 0 aromatic carbocycles.